The van der Waals surface area contributed by atoms with Crippen LogP contribution in [0.3, 0.4) is 0 Å². The lowest BCUT2D eigenvalue weighted by Crippen LogP contribution is -2.32. The lowest BCUT2D eigenvalue weighted by atomic mass is 10.4. The first kappa shape index (κ1) is 10.9. The smallest absolute Gasteiger partial charge is 0.321 e. The van der Waals surface area contributed by atoms with Gasteiger partial charge in [-0.2, -0.15) is 16.6 Å². The quantitative estimate of drug-likeness (QED) is 0.641. The summed E-state index contributed by atoms with van der Waals surface area (Å²) < 4.78 is 0. The molecule has 0 unspecified atom stereocenters. The van der Waals surface area contributed by atoms with Gasteiger partial charge in [-0.25, -0.2) is 0 Å². The number of carbonyl (C=O) groups is 1. The number of aryl methyl sites for hydroxylation is 1. The van der Waals surface area contributed by atoms with Crippen molar-refractivity contribution >= 4 is 17.7 Å². The lowest BCUT2D eigenvalue weighted by Gasteiger charge is -2.03. The summed E-state index contributed by atoms with van der Waals surface area (Å²) in [7, 11) is 1.67. The maximum absolute atomic E-state index is 10.4. The molecule has 0 aromatic carbocycles. The molecule has 0 spiro atoms. The molecule has 0 bridgehead atoms. The van der Waals surface area contributed by atoms with Crippen molar-refractivity contribution in [2.75, 3.05) is 5.75 Å². The van der Waals surface area contributed by atoms with Crippen molar-refractivity contribution in [3.63, 3.8) is 0 Å². The SMILES string of the molecule is Cn1nnc(CSC[C@@H](N)C(=O)O)n1. The number of nitrogens with two attached hydrogens (primary N) is 1. The van der Waals surface area contributed by atoms with E-state index in [0.717, 1.165) is 0 Å². The second-order valence-electron chi connectivity index (χ2n) is 2.65. The fraction of sp³-hybridized carbons (Fsp3) is 0.667. The summed E-state index contributed by atoms with van der Waals surface area (Å²) >= 11 is 1.37. The molecule has 8 heteroatoms. The molecule has 0 aliphatic heterocycles. The van der Waals surface area contributed by atoms with Gasteiger partial charge in [0.2, 0.25) is 0 Å². The maximum atomic E-state index is 10.4. The topological polar surface area (TPSA) is 107 Å². The van der Waals surface area contributed by atoms with Crippen LogP contribution in [0.25, 0.3) is 0 Å². The van der Waals surface area contributed by atoms with Crippen LogP contribution in [0.1, 0.15) is 5.82 Å². The predicted octanol–water partition coefficient (Wildman–Crippen LogP) is -1.14. The molecule has 0 amide bonds. The van der Waals surface area contributed by atoms with Gasteiger partial charge in [0.15, 0.2) is 5.82 Å². The Balaban J connectivity index is 2.25. The molecule has 3 N–H and O–H groups in total. The number of carboxylic acids is 1. The number of hydrogen-bond donors (Lipinski definition) is 2. The van der Waals surface area contributed by atoms with Crippen molar-refractivity contribution in [2.45, 2.75) is 11.8 Å². The van der Waals surface area contributed by atoms with Crippen molar-refractivity contribution in [1.29, 1.82) is 0 Å². The van der Waals surface area contributed by atoms with Crippen LogP contribution < -0.4 is 5.73 Å². The van der Waals surface area contributed by atoms with Gasteiger partial charge in [0.1, 0.15) is 6.04 Å². The van der Waals surface area contributed by atoms with Crippen molar-refractivity contribution in [3.8, 4) is 0 Å². The Bertz CT molecular complexity index is 315. The monoisotopic (exact) mass is 217 g/mol. The van der Waals surface area contributed by atoms with E-state index in [-0.39, 0.29) is 0 Å². The minimum atomic E-state index is -0.996. The molecule has 1 aromatic rings. The fourth-order valence-corrected chi connectivity index (χ4v) is 1.54. The van der Waals surface area contributed by atoms with Gasteiger partial charge in [-0.3, -0.25) is 4.79 Å². The zero-order chi connectivity index (χ0) is 10.6. The van der Waals surface area contributed by atoms with E-state index in [4.69, 9.17) is 10.8 Å². The van der Waals surface area contributed by atoms with Crippen LogP contribution in [0.15, 0.2) is 0 Å². The van der Waals surface area contributed by atoms with Crippen LogP contribution in [0, 0.1) is 0 Å². The van der Waals surface area contributed by atoms with Gasteiger partial charge in [0.05, 0.1) is 12.8 Å². The molecule has 7 nitrogen and oxygen atoms in total. The van der Waals surface area contributed by atoms with Crippen LogP contribution >= 0.6 is 11.8 Å². The molecular weight excluding hydrogens is 206 g/mol. The minimum absolute atomic E-state index is 0.341. The molecule has 0 saturated carbocycles. The Morgan fingerprint density at radius 2 is 2.50 bits per heavy atom. The summed E-state index contributed by atoms with van der Waals surface area (Å²) in [5.74, 6) is 0.447. The Labute approximate surface area is 84.7 Å². The molecule has 0 fully saturated rings. The second kappa shape index (κ2) is 4.91. The standard InChI is InChI=1S/C6H11N5O2S/c1-11-9-5(8-10-11)3-14-2-4(7)6(12)13/h4H,2-3,7H2,1H3,(H,12,13)/t4-/m1/s1. The summed E-state index contributed by atoms with van der Waals surface area (Å²) in [4.78, 5) is 11.7. The molecule has 78 valence electrons. The summed E-state index contributed by atoms with van der Waals surface area (Å²) in [5.41, 5.74) is 5.30. The number of hydrogen-bond acceptors (Lipinski definition) is 6. The molecule has 1 heterocycles. The maximum Gasteiger partial charge on any atom is 0.321 e. The van der Waals surface area contributed by atoms with Gasteiger partial charge in [0.25, 0.3) is 0 Å². The number of carboxylic acid groups (broad SMARTS) is 1. The zero-order valence-electron chi connectivity index (χ0n) is 7.62. The highest BCUT2D eigenvalue weighted by Gasteiger charge is 2.11. The van der Waals surface area contributed by atoms with Crippen molar-refractivity contribution in [2.24, 2.45) is 12.8 Å². The Morgan fingerprint density at radius 1 is 1.79 bits per heavy atom. The van der Waals surface area contributed by atoms with Crippen LogP contribution in [-0.2, 0) is 17.6 Å². The van der Waals surface area contributed by atoms with Crippen LogP contribution in [-0.4, -0.2) is 43.1 Å². The van der Waals surface area contributed by atoms with Gasteiger partial charge >= 0.3 is 5.97 Å². The van der Waals surface area contributed by atoms with E-state index in [0.29, 0.717) is 17.3 Å². The van der Waals surface area contributed by atoms with Crippen molar-refractivity contribution < 1.29 is 9.90 Å². The number of tetrazole rings is 1. The number of rotatable bonds is 5. The molecule has 0 saturated heterocycles. The third-order valence-corrected chi connectivity index (χ3v) is 2.45. The Kier molecular flexibility index (Phi) is 3.84. The average molecular weight is 217 g/mol. The van der Waals surface area contributed by atoms with E-state index in [1.54, 1.807) is 7.05 Å². The molecule has 0 aliphatic rings. The van der Waals surface area contributed by atoms with E-state index in [1.807, 2.05) is 0 Å². The first-order chi connectivity index (χ1) is 6.59. The molecular formula is C6H11N5O2S. The summed E-state index contributed by atoms with van der Waals surface area (Å²) in [6, 6.07) is -0.836. The van der Waals surface area contributed by atoms with E-state index in [1.165, 1.54) is 16.6 Å². The molecule has 0 aliphatic carbocycles. The van der Waals surface area contributed by atoms with Gasteiger partial charge in [0, 0.05) is 5.75 Å². The molecule has 1 aromatic heterocycles. The highest BCUT2D eigenvalue weighted by Crippen LogP contribution is 2.07. The van der Waals surface area contributed by atoms with Crippen LogP contribution in [0.2, 0.25) is 0 Å². The Morgan fingerprint density at radius 3 is 3.00 bits per heavy atom. The molecule has 0 radical (unpaired) electrons. The molecule has 14 heavy (non-hydrogen) atoms. The van der Waals surface area contributed by atoms with Gasteiger partial charge < -0.3 is 10.8 Å². The van der Waals surface area contributed by atoms with Gasteiger partial charge in [-0.15, -0.1) is 10.2 Å². The minimum Gasteiger partial charge on any atom is -0.480 e. The van der Waals surface area contributed by atoms with E-state index < -0.39 is 12.0 Å². The number of nitrogens with zero attached hydrogens (tertiary/aromatic N) is 4. The second-order valence-corrected chi connectivity index (χ2v) is 3.69. The molecule has 1 atom stereocenters. The predicted molar refractivity (Wildman–Crippen MR) is 50.6 cm³/mol. The Hall–Kier alpha value is -1.15. The summed E-state index contributed by atoms with van der Waals surface area (Å²) in [6.45, 7) is 0. The fourth-order valence-electron chi connectivity index (χ4n) is 0.730. The summed E-state index contributed by atoms with van der Waals surface area (Å²) in [6.07, 6.45) is 0. The van der Waals surface area contributed by atoms with E-state index in [2.05, 4.69) is 15.4 Å². The van der Waals surface area contributed by atoms with Crippen molar-refractivity contribution in [3.05, 3.63) is 5.82 Å². The van der Waals surface area contributed by atoms with Crippen molar-refractivity contribution in [1.82, 2.24) is 20.2 Å². The van der Waals surface area contributed by atoms with Crippen LogP contribution in [0.5, 0.6) is 0 Å². The van der Waals surface area contributed by atoms with Crippen LogP contribution in [0.4, 0.5) is 0 Å². The lowest BCUT2D eigenvalue weighted by molar-refractivity contribution is -0.137. The summed E-state index contributed by atoms with van der Waals surface area (Å²) in [5, 5.41) is 19.8. The first-order valence-electron chi connectivity index (χ1n) is 3.88. The highest BCUT2D eigenvalue weighted by molar-refractivity contribution is 7.98. The van der Waals surface area contributed by atoms with E-state index >= 15 is 0 Å². The number of aliphatic carboxylic acids is 1. The number of thioether (sulfide) groups is 1. The number of aromatic nitrogens is 4. The average Bonchev–Trinajstić information content (AvgIpc) is 2.51. The third-order valence-electron chi connectivity index (χ3n) is 1.40. The normalized spacial score (nSPS) is 12.7. The zero-order valence-corrected chi connectivity index (χ0v) is 8.44. The molecule has 1 rings (SSSR count). The first-order valence-corrected chi connectivity index (χ1v) is 5.04. The third kappa shape index (κ3) is 3.30. The van der Waals surface area contributed by atoms with Gasteiger partial charge in [-0.05, 0) is 5.21 Å². The largest absolute Gasteiger partial charge is 0.480 e. The highest BCUT2D eigenvalue weighted by atomic mass is 32.2. The van der Waals surface area contributed by atoms with Gasteiger partial charge in [-0.1, -0.05) is 0 Å². The van der Waals surface area contributed by atoms with E-state index in [9.17, 15) is 4.79 Å².